The highest BCUT2D eigenvalue weighted by Gasteiger charge is 2.22. The summed E-state index contributed by atoms with van der Waals surface area (Å²) in [6.45, 7) is 0. The number of nitrogens with zero attached hydrogens (tertiary/aromatic N) is 4. The van der Waals surface area contributed by atoms with E-state index in [2.05, 4.69) is 144 Å². The van der Waals surface area contributed by atoms with Crippen LogP contribution >= 0.6 is 11.3 Å². The third kappa shape index (κ3) is 3.89. The molecule has 0 aliphatic heterocycles. The molecular weight excluding hydrogens is 629 g/mol. The van der Waals surface area contributed by atoms with Crippen LogP contribution in [0.25, 0.3) is 103 Å². The standard InChI is InChI=1S/C45H26N4S/c1-2-13-30-27(11-1)12-9-18-31(30)41-42-36(19-10-26-46-42)47-45(48-41)28-22-24-29(25-23-28)49-37-20-7-5-16-34(37)39-40-35-17-6-8-21-38(35)50-44(40)33-15-4-3-14-32(33)43(39)49/h1-26H. The maximum atomic E-state index is 5.20. The van der Waals surface area contributed by atoms with Gasteiger partial charge in [0, 0.05) is 64.7 Å². The molecule has 50 heavy (non-hydrogen) atoms. The van der Waals surface area contributed by atoms with E-state index in [1.54, 1.807) is 0 Å². The molecule has 5 heteroatoms. The minimum absolute atomic E-state index is 0.680. The summed E-state index contributed by atoms with van der Waals surface area (Å²) in [7, 11) is 0. The lowest BCUT2D eigenvalue weighted by Crippen LogP contribution is -1.98. The van der Waals surface area contributed by atoms with E-state index >= 15 is 0 Å². The topological polar surface area (TPSA) is 43.6 Å². The van der Waals surface area contributed by atoms with Crippen LogP contribution in [0, 0.1) is 0 Å². The number of aromatic nitrogens is 4. The maximum Gasteiger partial charge on any atom is 0.160 e. The van der Waals surface area contributed by atoms with Crippen molar-refractivity contribution in [3.63, 3.8) is 0 Å². The Balaban J connectivity index is 1.15. The molecule has 232 valence electrons. The number of benzene rings is 7. The van der Waals surface area contributed by atoms with Crippen molar-refractivity contribution >= 4 is 85.9 Å². The second-order valence-corrected chi connectivity index (χ2v) is 13.8. The van der Waals surface area contributed by atoms with Gasteiger partial charge in [-0.1, -0.05) is 103 Å². The summed E-state index contributed by atoms with van der Waals surface area (Å²) in [6.07, 6.45) is 1.82. The van der Waals surface area contributed by atoms with Gasteiger partial charge < -0.3 is 4.57 Å². The minimum Gasteiger partial charge on any atom is -0.309 e. The Hall–Kier alpha value is -6.43. The van der Waals surface area contributed by atoms with E-state index in [1.165, 1.54) is 58.1 Å². The molecule has 11 rings (SSSR count). The molecule has 0 radical (unpaired) electrons. The van der Waals surface area contributed by atoms with Crippen molar-refractivity contribution in [3.05, 3.63) is 158 Å². The Morgan fingerprint density at radius 3 is 2.12 bits per heavy atom. The van der Waals surface area contributed by atoms with E-state index in [1.807, 2.05) is 29.7 Å². The van der Waals surface area contributed by atoms with Crippen LogP contribution in [0.4, 0.5) is 0 Å². The van der Waals surface area contributed by atoms with Crippen LogP contribution in [0.2, 0.25) is 0 Å². The lowest BCUT2D eigenvalue weighted by molar-refractivity contribution is 1.18. The smallest absolute Gasteiger partial charge is 0.160 e. The minimum atomic E-state index is 0.680. The molecule has 0 aliphatic carbocycles. The first kappa shape index (κ1) is 27.5. The van der Waals surface area contributed by atoms with Gasteiger partial charge in [-0.25, -0.2) is 9.97 Å². The summed E-state index contributed by atoms with van der Waals surface area (Å²) in [5.74, 6) is 0.680. The van der Waals surface area contributed by atoms with Crippen LogP contribution in [0.5, 0.6) is 0 Å². The largest absolute Gasteiger partial charge is 0.309 e. The first-order chi connectivity index (χ1) is 24.8. The van der Waals surface area contributed by atoms with Crippen molar-refractivity contribution < 1.29 is 0 Å². The molecule has 0 saturated heterocycles. The van der Waals surface area contributed by atoms with Gasteiger partial charge in [-0.3, -0.25) is 4.98 Å². The highest BCUT2D eigenvalue weighted by molar-refractivity contribution is 7.27. The van der Waals surface area contributed by atoms with Crippen LogP contribution in [-0.4, -0.2) is 19.5 Å². The molecule has 0 saturated carbocycles. The van der Waals surface area contributed by atoms with Crippen molar-refractivity contribution in [2.75, 3.05) is 0 Å². The van der Waals surface area contributed by atoms with Crippen molar-refractivity contribution in [2.24, 2.45) is 0 Å². The second-order valence-electron chi connectivity index (χ2n) is 12.8. The van der Waals surface area contributed by atoms with Crippen molar-refractivity contribution in [3.8, 4) is 28.3 Å². The highest BCUT2D eigenvalue weighted by atomic mass is 32.1. The zero-order chi connectivity index (χ0) is 32.8. The number of para-hydroxylation sites is 1. The third-order valence-corrected chi connectivity index (χ3v) is 11.2. The van der Waals surface area contributed by atoms with Gasteiger partial charge in [-0.2, -0.15) is 0 Å². The number of hydrogen-bond acceptors (Lipinski definition) is 4. The fraction of sp³-hybridized carbons (Fsp3) is 0. The Bertz CT molecular complexity index is 3150. The summed E-state index contributed by atoms with van der Waals surface area (Å²) >= 11 is 1.89. The van der Waals surface area contributed by atoms with Crippen molar-refractivity contribution in [2.45, 2.75) is 0 Å². The molecule has 0 unspecified atom stereocenters. The summed E-state index contributed by atoms with van der Waals surface area (Å²) in [5.41, 5.74) is 7.99. The fourth-order valence-electron chi connectivity index (χ4n) is 7.86. The molecule has 0 spiro atoms. The summed E-state index contributed by atoms with van der Waals surface area (Å²) in [6, 6.07) is 54.0. The Kier molecular flexibility index (Phi) is 5.80. The average Bonchev–Trinajstić information content (AvgIpc) is 3.74. The Morgan fingerprint density at radius 2 is 1.24 bits per heavy atom. The summed E-state index contributed by atoms with van der Waals surface area (Å²) in [4.78, 5) is 15.0. The van der Waals surface area contributed by atoms with E-state index in [4.69, 9.17) is 15.0 Å². The van der Waals surface area contributed by atoms with E-state index in [-0.39, 0.29) is 0 Å². The predicted octanol–water partition coefficient (Wildman–Crippen LogP) is 12.1. The molecule has 4 heterocycles. The summed E-state index contributed by atoms with van der Waals surface area (Å²) in [5, 5.41) is 10.1. The molecular formula is C45H26N4S. The molecule has 0 N–H and O–H groups in total. The first-order valence-corrected chi connectivity index (χ1v) is 17.6. The lowest BCUT2D eigenvalue weighted by Gasteiger charge is -2.13. The molecule has 4 nitrogen and oxygen atoms in total. The van der Waals surface area contributed by atoms with E-state index in [0.29, 0.717) is 5.82 Å². The zero-order valence-corrected chi connectivity index (χ0v) is 27.5. The number of rotatable bonds is 3. The maximum absolute atomic E-state index is 5.20. The van der Waals surface area contributed by atoms with E-state index in [9.17, 15) is 0 Å². The van der Waals surface area contributed by atoms with Crippen molar-refractivity contribution in [1.29, 1.82) is 0 Å². The fourth-order valence-corrected chi connectivity index (χ4v) is 9.11. The number of pyridine rings is 1. The number of hydrogen-bond donors (Lipinski definition) is 0. The highest BCUT2D eigenvalue weighted by Crippen LogP contribution is 2.48. The molecule has 0 atom stereocenters. The first-order valence-electron chi connectivity index (χ1n) is 16.8. The van der Waals surface area contributed by atoms with Gasteiger partial charge in [0.05, 0.1) is 16.6 Å². The van der Waals surface area contributed by atoms with Gasteiger partial charge in [0.1, 0.15) is 11.2 Å². The quantitative estimate of drug-likeness (QED) is 0.190. The van der Waals surface area contributed by atoms with Gasteiger partial charge >= 0.3 is 0 Å². The van der Waals surface area contributed by atoms with Crippen LogP contribution in [0.3, 0.4) is 0 Å². The number of fused-ring (bicyclic) bond motifs is 12. The molecule has 4 aromatic heterocycles. The van der Waals surface area contributed by atoms with Gasteiger partial charge in [0.2, 0.25) is 0 Å². The monoisotopic (exact) mass is 654 g/mol. The summed E-state index contributed by atoms with van der Waals surface area (Å²) < 4.78 is 5.10. The normalized spacial score (nSPS) is 12.0. The van der Waals surface area contributed by atoms with Crippen LogP contribution < -0.4 is 0 Å². The van der Waals surface area contributed by atoms with Gasteiger partial charge in [-0.05, 0) is 59.3 Å². The van der Waals surface area contributed by atoms with Gasteiger partial charge in [-0.15, -0.1) is 11.3 Å². The van der Waals surface area contributed by atoms with Crippen LogP contribution in [0.15, 0.2) is 158 Å². The van der Waals surface area contributed by atoms with Gasteiger partial charge in [0.25, 0.3) is 0 Å². The average molecular weight is 655 g/mol. The van der Waals surface area contributed by atoms with E-state index < -0.39 is 0 Å². The van der Waals surface area contributed by atoms with Crippen LogP contribution in [-0.2, 0) is 0 Å². The molecule has 0 aliphatic rings. The lowest BCUT2D eigenvalue weighted by atomic mass is 10.00. The molecule has 7 aromatic carbocycles. The second kappa shape index (κ2) is 10.5. The Morgan fingerprint density at radius 1 is 0.520 bits per heavy atom. The van der Waals surface area contributed by atoms with E-state index in [0.717, 1.165) is 38.9 Å². The predicted molar refractivity (Wildman–Crippen MR) is 210 cm³/mol. The molecule has 0 fully saturated rings. The molecule has 0 amide bonds. The zero-order valence-electron chi connectivity index (χ0n) is 26.7. The number of thiophene rings is 1. The van der Waals surface area contributed by atoms with Gasteiger partial charge in [0.15, 0.2) is 5.82 Å². The molecule has 0 bridgehead atoms. The van der Waals surface area contributed by atoms with Crippen molar-refractivity contribution in [1.82, 2.24) is 19.5 Å². The Labute approximate surface area is 290 Å². The van der Waals surface area contributed by atoms with Crippen LogP contribution in [0.1, 0.15) is 0 Å². The third-order valence-electron chi connectivity index (χ3n) is 10.0. The SMILES string of the molecule is c1ccc2c(-c3nc(-c4ccc(-n5c6ccccc6c6c7c8ccccc8sc7c7ccccc7c65)cc4)nc4cccnc34)cccc2c1. The molecule has 11 aromatic rings.